The summed E-state index contributed by atoms with van der Waals surface area (Å²) in [5, 5.41) is 11.9. The van der Waals surface area contributed by atoms with Gasteiger partial charge in [0.25, 0.3) is 0 Å². The Labute approximate surface area is 120 Å². The first-order chi connectivity index (χ1) is 9.86. The molecular weight excluding hydrogens is 274 g/mol. The Bertz CT molecular complexity index is 706. The fraction of sp³-hybridized carbons (Fsp3) is 0.214. The number of rotatable bonds is 5. The van der Waals surface area contributed by atoms with E-state index in [2.05, 4.69) is 10.3 Å². The number of nitrogens with zero attached hydrogens (tertiary/aromatic N) is 1. The minimum atomic E-state index is -1.04. The van der Waals surface area contributed by atoms with Crippen LogP contribution in [0.4, 0.5) is 5.82 Å². The summed E-state index contributed by atoms with van der Waals surface area (Å²) in [4.78, 5) is 26.3. The summed E-state index contributed by atoms with van der Waals surface area (Å²) in [6.45, 7) is 3.59. The van der Waals surface area contributed by atoms with E-state index in [1.807, 2.05) is 0 Å². The molecule has 7 nitrogen and oxygen atoms in total. The minimum Gasteiger partial charge on any atom is -0.478 e. The van der Waals surface area contributed by atoms with Crippen molar-refractivity contribution in [2.45, 2.75) is 20.4 Å². The van der Waals surface area contributed by atoms with Crippen LogP contribution in [0.25, 0.3) is 0 Å². The molecule has 4 N–H and O–H groups in total. The second kappa shape index (κ2) is 5.66. The van der Waals surface area contributed by atoms with E-state index in [0.717, 1.165) is 0 Å². The molecule has 2 heterocycles. The summed E-state index contributed by atoms with van der Waals surface area (Å²) in [7, 11) is 0. The monoisotopic (exact) mass is 289 g/mol. The third-order valence-corrected chi connectivity index (χ3v) is 2.88. The van der Waals surface area contributed by atoms with Crippen molar-refractivity contribution < 1.29 is 19.1 Å². The summed E-state index contributed by atoms with van der Waals surface area (Å²) in [6, 6.07) is 4.58. The minimum absolute atomic E-state index is 0.127. The lowest BCUT2D eigenvalue weighted by molar-refractivity contribution is 0.0694. The number of furan rings is 1. The lowest BCUT2D eigenvalue weighted by Gasteiger charge is -2.06. The van der Waals surface area contributed by atoms with Gasteiger partial charge in [-0.15, -0.1) is 0 Å². The highest BCUT2D eigenvalue weighted by molar-refractivity contribution is 5.93. The number of primary amides is 1. The number of carbonyl (C=O) groups excluding carboxylic acids is 1. The van der Waals surface area contributed by atoms with Crippen LogP contribution in [0.5, 0.6) is 0 Å². The fourth-order valence-corrected chi connectivity index (χ4v) is 1.92. The standard InChI is InChI=1S/C14H15N3O4/c1-7-3-9(13(15)18)4-12(17-7)16-6-10-5-11(14(19)20)8(2)21-10/h3-5H,6H2,1-2H3,(H2,15,18)(H,16,17)(H,19,20). The predicted molar refractivity (Wildman–Crippen MR) is 75.2 cm³/mol. The molecule has 0 atom stereocenters. The van der Waals surface area contributed by atoms with Crippen LogP contribution in [0.15, 0.2) is 22.6 Å². The van der Waals surface area contributed by atoms with Crippen LogP contribution in [-0.4, -0.2) is 22.0 Å². The maximum absolute atomic E-state index is 11.2. The lowest BCUT2D eigenvalue weighted by atomic mass is 10.2. The van der Waals surface area contributed by atoms with Crippen LogP contribution in [-0.2, 0) is 6.54 Å². The van der Waals surface area contributed by atoms with Crippen molar-refractivity contribution >= 4 is 17.7 Å². The van der Waals surface area contributed by atoms with E-state index < -0.39 is 11.9 Å². The third kappa shape index (κ3) is 3.38. The number of carbonyl (C=O) groups is 2. The van der Waals surface area contributed by atoms with Gasteiger partial charge in [-0.25, -0.2) is 9.78 Å². The Morgan fingerprint density at radius 3 is 2.62 bits per heavy atom. The highest BCUT2D eigenvalue weighted by Gasteiger charge is 2.13. The zero-order chi connectivity index (χ0) is 15.6. The van der Waals surface area contributed by atoms with Gasteiger partial charge in [-0.3, -0.25) is 4.79 Å². The molecule has 7 heteroatoms. The molecule has 0 bridgehead atoms. The van der Waals surface area contributed by atoms with Gasteiger partial charge < -0.3 is 20.6 Å². The molecule has 2 rings (SSSR count). The molecule has 2 aromatic heterocycles. The van der Waals surface area contributed by atoms with Crippen molar-refractivity contribution in [2.24, 2.45) is 5.73 Å². The van der Waals surface area contributed by atoms with E-state index >= 15 is 0 Å². The van der Waals surface area contributed by atoms with Crippen molar-refractivity contribution in [3.05, 3.63) is 46.5 Å². The molecule has 110 valence electrons. The molecule has 0 aliphatic carbocycles. The van der Waals surface area contributed by atoms with Crippen molar-refractivity contribution in [2.75, 3.05) is 5.32 Å². The van der Waals surface area contributed by atoms with Gasteiger partial charge in [0.2, 0.25) is 5.91 Å². The molecule has 0 radical (unpaired) electrons. The molecule has 0 saturated carbocycles. The first-order valence-electron chi connectivity index (χ1n) is 6.22. The summed E-state index contributed by atoms with van der Waals surface area (Å²) >= 11 is 0. The number of nitrogens with one attached hydrogen (secondary N) is 1. The van der Waals surface area contributed by atoms with Crippen molar-refractivity contribution in [1.29, 1.82) is 0 Å². The number of anilines is 1. The number of nitrogens with two attached hydrogens (primary N) is 1. The van der Waals surface area contributed by atoms with E-state index in [-0.39, 0.29) is 12.1 Å². The Morgan fingerprint density at radius 2 is 2.05 bits per heavy atom. The molecule has 0 aliphatic heterocycles. The summed E-state index contributed by atoms with van der Waals surface area (Å²) < 4.78 is 5.34. The summed E-state index contributed by atoms with van der Waals surface area (Å²) in [5.74, 6) is -0.296. The van der Waals surface area contributed by atoms with Crippen molar-refractivity contribution in [1.82, 2.24) is 4.98 Å². The van der Waals surface area contributed by atoms with Crippen LogP contribution >= 0.6 is 0 Å². The van der Waals surface area contributed by atoms with Gasteiger partial charge in [0, 0.05) is 11.3 Å². The van der Waals surface area contributed by atoms with Gasteiger partial charge in [-0.05, 0) is 32.0 Å². The second-order valence-corrected chi connectivity index (χ2v) is 4.59. The van der Waals surface area contributed by atoms with Crippen LogP contribution in [0.3, 0.4) is 0 Å². The maximum atomic E-state index is 11.2. The summed E-state index contributed by atoms with van der Waals surface area (Å²) in [5.41, 5.74) is 6.37. The van der Waals surface area contributed by atoms with E-state index in [9.17, 15) is 9.59 Å². The average molecular weight is 289 g/mol. The highest BCUT2D eigenvalue weighted by Crippen LogP contribution is 2.16. The van der Waals surface area contributed by atoms with Crippen molar-refractivity contribution in [3.8, 4) is 0 Å². The molecule has 0 fully saturated rings. The number of carboxylic acid groups (broad SMARTS) is 1. The molecule has 0 aliphatic rings. The fourth-order valence-electron chi connectivity index (χ4n) is 1.92. The van der Waals surface area contributed by atoms with Gasteiger partial charge >= 0.3 is 5.97 Å². The number of carboxylic acids is 1. The Balaban J connectivity index is 2.14. The first kappa shape index (κ1) is 14.6. The topological polar surface area (TPSA) is 118 Å². The van der Waals surface area contributed by atoms with E-state index in [0.29, 0.717) is 28.6 Å². The van der Waals surface area contributed by atoms with Gasteiger partial charge in [-0.1, -0.05) is 0 Å². The number of aryl methyl sites for hydroxylation is 2. The van der Waals surface area contributed by atoms with E-state index in [4.69, 9.17) is 15.3 Å². The van der Waals surface area contributed by atoms with Crippen LogP contribution < -0.4 is 11.1 Å². The number of aromatic carboxylic acids is 1. The molecule has 0 aromatic carbocycles. The normalized spacial score (nSPS) is 10.4. The van der Waals surface area contributed by atoms with Gasteiger partial charge in [0.05, 0.1) is 6.54 Å². The molecule has 2 aromatic rings. The smallest absolute Gasteiger partial charge is 0.339 e. The average Bonchev–Trinajstić information content (AvgIpc) is 2.77. The van der Waals surface area contributed by atoms with E-state index in [1.54, 1.807) is 19.9 Å². The van der Waals surface area contributed by atoms with Crippen LogP contribution in [0, 0.1) is 13.8 Å². The third-order valence-electron chi connectivity index (χ3n) is 2.88. The second-order valence-electron chi connectivity index (χ2n) is 4.59. The Morgan fingerprint density at radius 1 is 1.33 bits per heavy atom. The van der Waals surface area contributed by atoms with E-state index in [1.165, 1.54) is 12.1 Å². The van der Waals surface area contributed by atoms with Gasteiger partial charge in [-0.2, -0.15) is 0 Å². The SMILES string of the molecule is Cc1cc(C(N)=O)cc(NCc2cc(C(=O)O)c(C)o2)n1. The molecule has 0 saturated heterocycles. The maximum Gasteiger partial charge on any atom is 0.339 e. The number of hydrogen-bond donors (Lipinski definition) is 3. The summed E-state index contributed by atoms with van der Waals surface area (Å²) in [6.07, 6.45) is 0. The van der Waals surface area contributed by atoms with Gasteiger partial charge in [0.1, 0.15) is 22.9 Å². The zero-order valence-corrected chi connectivity index (χ0v) is 11.6. The van der Waals surface area contributed by atoms with Crippen LogP contribution in [0.2, 0.25) is 0 Å². The Kier molecular flexibility index (Phi) is 3.93. The largest absolute Gasteiger partial charge is 0.478 e. The van der Waals surface area contributed by atoms with Gasteiger partial charge in [0.15, 0.2) is 0 Å². The molecule has 21 heavy (non-hydrogen) atoms. The first-order valence-corrected chi connectivity index (χ1v) is 6.22. The number of pyridine rings is 1. The molecule has 0 unspecified atom stereocenters. The lowest BCUT2D eigenvalue weighted by Crippen LogP contribution is -2.12. The highest BCUT2D eigenvalue weighted by atomic mass is 16.4. The predicted octanol–water partition coefficient (Wildman–Crippen LogP) is 1.70. The molecular formula is C14H15N3O4. The quantitative estimate of drug-likeness (QED) is 0.770. The van der Waals surface area contributed by atoms with Crippen molar-refractivity contribution in [3.63, 3.8) is 0 Å². The molecule has 1 amide bonds. The zero-order valence-electron chi connectivity index (χ0n) is 11.6. The number of hydrogen-bond acceptors (Lipinski definition) is 5. The number of aromatic nitrogens is 1. The van der Waals surface area contributed by atoms with Crippen LogP contribution in [0.1, 0.15) is 37.9 Å². The Hall–Kier alpha value is -2.83. The number of amides is 1. The molecule has 0 spiro atoms.